The second kappa shape index (κ2) is 7.43. The van der Waals surface area contributed by atoms with E-state index in [1.807, 2.05) is 18.7 Å². The molecule has 6 nitrogen and oxygen atoms in total. The zero-order valence-electron chi connectivity index (χ0n) is 14.3. The second-order valence-electron chi connectivity index (χ2n) is 7.21. The molecule has 1 aromatic rings. The minimum Gasteiger partial charge on any atom is -0.343 e. The molecule has 1 aliphatic heterocycles. The second-order valence-corrected chi connectivity index (χ2v) is 7.21. The van der Waals surface area contributed by atoms with E-state index in [1.54, 1.807) is 0 Å². The first-order valence-electron chi connectivity index (χ1n) is 8.95. The van der Waals surface area contributed by atoms with Gasteiger partial charge in [-0.2, -0.15) is 4.98 Å². The molecule has 0 spiro atoms. The summed E-state index contributed by atoms with van der Waals surface area (Å²) >= 11 is 0. The topological polar surface area (TPSA) is 71.3 Å². The highest BCUT2D eigenvalue weighted by Crippen LogP contribution is 2.28. The Morgan fingerprint density at radius 2 is 2.04 bits per heavy atom. The summed E-state index contributed by atoms with van der Waals surface area (Å²) in [4.78, 5) is 18.6. The van der Waals surface area contributed by atoms with Crippen LogP contribution in [0.25, 0.3) is 0 Å². The smallest absolute Gasteiger partial charge is 0.227 e. The largest absolute Gasteiger partial charge is 0.343 e. The van der Waals surface area contributed by atoms with Crippen molar-refractivity contribution >= 4 is 5.91 Å². The van der Waals surface area contributed by atoms with E-state index in [9.17, 15) is 4.79 Å². The summed E-state index contributed by atoms with van der Waals surface area (Å²) in [5.41, 5.74) is 0. The SMILES string of the molecule is CC(C)c1noc(CCC(=O)N2CCC(NCC3CC3)CC2)n1. The zero-order valence-corrected chi connectivity index (χ0v) is 14.3. The minimum absolute atomic E-state index is 0.204. The molecule has 0 radical (unpaired) electrons. The number of hydrogen-bond acceptors (Lipinski definition) is 5. The highest BCUT2D eigenvalue weighted by atomic mass is 16.5. The lowest BCUT2D eigenvalue weighted by atomic mass is 10.0. The van der Waals surface area contributed by atoms with Crippen LogP contribution in [-0.2, 0) is 11.2 Å². The van der Waals surface area contributed by atoms with Crippen LogP contribution in [0.3, 0.4) is 0 Å². The van der Waals surface area contributed by atoms with Gasteiger partial charge in [-0.1, -0.05) is 19.0 Å². The highest BCUT2D eigenvalue weighted by Gasteiger charge is 2.26. The fourth-order valence-corrected chi connectivity index (χ4v) is 2.96. The van der Waals surface area contributed by atoms with Gasteiger partial charge in [-0.25, -0.2) is 0 Å². The van der Waals surface area contributed by atoms with Crippen molar-refractivity contribution in [3.8, 4) is 0 Å². The Labute approximate surface area is 138 Å². The van der Waals surface area contributed by atoms with E-state index < -0.39 is 0 Å². The van der Waals surface area contributed by atoms with Crippen LogP contribution in [-0.4, -0.2) is 46.6 Å². The molecule has 1 aromatic heterocycles. The molecule has 2 heterocycles. The maximum atomic E-state index is 12.3. The third-order valence-corrected chi connectivity index (χ3v) is 4.79. The number of likely N-dealkylation sites (tertiary alicyclic amines) is 1. The van der Waals surface area contributed by atoms with Gasteiger partial charge in [0.15, 0.2) is 5.82 Å². The number of piperidine rings is 1. The van der Waals surface area contributed by atoms with Gasteiger partial charge < -0.3 is 14.7 Å². The van der Waals surface area contributed by atoms with Crippen LogP contribution in [0.4, 0.5) is 0 Å². The van der Waals surface area contributed by atoms with Gasteiger partial charge in [-0.3, -0.25) is 4.79 Å². The molecule has 1 amide bonds. The van der Waals surface area contributed by atoms with Crippen LogP contribution < -0.4 is 5.32 Å². The number of hydrogen-bond donors (Lipinski definition) is 1. The van der Waals surface area contributed by atoms with Gasteiger partial charge in [0.1, 0.15) is 0 Å². The predicted molar refractivity (Wildman–Crippen MR) is 87.0 cm³/mol. The zero-order chi connectivity index (χ0) is 16.2. The average Bonchev–Trinajstić information content (AvgIpc) is 3.26. The maximum absolute atomic E-state index is 12.3. The fourth-order valence-electron chi connectivity index (χ4n) is 2.96. The number of carbonyl (C=O) groups excluding carboxylic acids is 1. The quantitative estimate of drug-likeness (QED) is 0.833. The lowest BCUT2D eigenvalue weighted by molar-refractivity contribution is -0.132. The van der Waals surface area contributed by atoms with Gasteiger partial charge in [0.25, 0.3) is 0 Å². The number of nitrogens with zero attached hydrogens (tertiary/aromatic N) is 3. The van der Waals surface area contributed by atoms with Gasteiger partial charge in [0.2, 0.25) is 11.8 Å². The molecule has 2 fully saturated rings. The molecule has 0 atom stereocenters. The molecule has 1 saturated heterocycles. The Morgan fingerprint density at radius 3 is 2.65 bits per heavy atom. The maximum Gasteiger partial charge on any atom is 0.227 e. The number of carbonyl (C=O) groups is 1. The van der Waals surface area contributed by atoms with Crippen LogP contribution in [0.1, 0.15) is 63.6 Å². The number of rotatable bonds is 7. The van der Waals surface area contributed by atoms with Crippen LogP contribution in [0.15, 0.2) is 4.52 Å². The molecular formula is C17H28N4O2. The molecule has 128 valence electrons. The van der Waals surface area contributed by atoms with E-state index in [4.69, 9.17) is 4.52 Å². The summed E-state index contributed by atoms with van der Waals surface area (Å²) in [5.74, 6) is 2.66. The third-order valence-electron chi connectivity index (χ3n) is 4.79. The number of aryl methyl sites for hydroxylation is 1. The Morgan fingerprint density at radius 1 is 1.30 bits per heavy atom. The van der Waals surface area contributed by atoms with Gasteiger partial charge in [-0.05, 0) is 38.1 Å². The normalized spacial score (nSPS) is 19.5. The molecule has 2 aliphatic rings. The van der Waals surface area contributed by atoms with Crippen LogP contribution in [0.2, 0.25) is 0 Å². The molecule has 0 bridgehead atoms. The Balaban J connectivity index is 1.36. The van der Waals surface area contributed by atoms with E-state index in [-0.39, 0.29) is 11.8 Å². The van der Waals surface area contributed by atoms with E-state index in [0.717, 1.165) is 44.2 Å². The molecule has 3 rings (SSSR count). The minimum atomic E-state index is 0.204. The Kier molecular flexibility index (Phi) is 5.30. The lowest BCUT2D eigenvalue weighted by Crippen LogP contribution is -2.45. The van der Waals surface area contributed by atoms with Crippen LogP contribution >= 0.6 is 0 Å². The molecule has 6 heteroatoms. The molecule has 0 aromatic carbocycles. The summed E-state index contributed by atoms with van der Waals surface area (Å²) in [6, 6.07) is 0.587. The summed E-state index contributed by atoms with van der Waals surface area (Å²) in [5, 5.41) is 7.58. The van der Waals surface area contributed by atoms with Crippen molar-refractivity contribution in [3.63, 3.8) is 0 Å². The van der Waals surface area contributed by atoms with Crippen molar-refractivity contribution in [1.29, 1.82) is 0 Å². The molecule has 0 unspecified atom stereocenters. The Bertz CT molecular complexity index is 516. The summed E-state index contributed by atoms with van der Waals surface area (Å²) in [7, 11) is 0. The van der Waals surface area contributed by atoms with E-state index in [2.05, 4.69) is 15.5 Å². The number of aromatic nitrogens is 2. The highest BCUT2D eigenvalue weighted by molar-refractivity contribution is 5.76. The van der Waals surface area contributed by atoms with Crippen molar-refractivity contribution < 1.29 is 9.32 Å². The predicted octanol–water partition coefficient (Wildman–Crippen LogP) is 2.12. The monoisotopic (exact) mass is 320 g/mol. The van der Waals surface area contributed by atoms with Crippen LogP contribution in [0.5, 0.6) is 0 Å². The van der Waals surface area contributed by atoms with Crippen LogP contribution in [0, 0.1) is 5.92 Å². The van der Waals surface area contributed by atoms with E-state index in [1.165, 1.54) is 12.8 Å². The van der Waals surface area contributed by atoms with Crippen molar-refractivity contribution in [3.05, 3.63) is 11.7 Å². The van der Waals surface area contributed by atoms with Gasteiger partial charge in [0, 0.05) is 37.9 Å². The van der Waals surface area contributed by atoms with Gasteiger partial charge in [-0.15, -0.1) is 0 Å². The van der Waals surface area contributed by atoms with Gasteiger partial charge in [0.05, 0.1) is 0 Å². The van der Waals surface area contributed by atoms with E-state index >= 15 is 0 Å². The first-order valence-corrected chi connectivity index (χ1v) is 8.95. The molecule has 1 N–H and O–H groups in total. The number of amides is 1. The third kappa shape index (κ3) is 4.77. The lowest BCUT2D eigenvalue weighted by Gasteiger charge is -2.32. The van der Waals surface area contributed by atoms with Crippen molar-refractivity contribution in [1.82, 2.24) is 20.4 Å². The first kappa shape index (κ1) is 16.4. The molecule has 1 saturated carbocycles. The van der Waals surface area contributed by atoms with Crippen molar-refractivity contribution in [2.45, 2.75) is 64.3 Å². The molecule has 23 heavy (non-hydrogen) atoms. The molecule has 1 aliphatic carbocycles. The fraction of sp³-hybridized carbons (Fsp3) is 0.824. The summed E-state index contributed by atoms with van der Waals surface area (Å²) < 4.78 is 5.20. The first-order chi connectivity index (χ1) is 11.1. The molecular weight excluding hydrogens is 292 g/mol. The van der Waals surface area contributed by atoms with Gasteiger partial charge >= 0.3 is 0 Å². The van der Waals surface area contributed by atoms with Crippen molar-refractivity contribution in [2.75, 3.05) is 19.6 Å². The average molecular weight is 320 g/mol. The Hall–Kier alpha value is -1.43. The summed E-state index contributed by atoms with van der Waals surface area (Å²) in [6.07, 6.45) is 5.91. The van der Waals surface area contributed by atoms with Crippen molar-refractivity contribution in [2.24, 2.45) is 5.92 Å². The summed E-state index contributed by atoms with van der Waals surface area (Å²) in [6.45, 7) is 6.95. The number of nitrogens with one attached hydrogen (secondary N) is 1. The van der Waals surface area contributed by atoms with E-state index in [0.29, 0.717) is 24.8 Å². The standard InChI is InChI=1S/C17H28N4O2/c1-12(2)17-19-15(23-20-17)5-6-16(22)21-9-7-14(8-10-21)18-11-13-3-4-13/h12-14,18H,3-11H2,1-2H3.